The minimum Gasteiger partial charge on any atom is -0.432 e. The zero-order chi connectivity index (χ0) is 11.7. The number of nitrogens with zero attached hydrogens (tertiary/aromatic N) is 1. The summed E-state index contributed by atoms with van der Waals surface area (Å²) in [6, 6.07) is 0. The van der Waals surface area contributed by atoms with Crippen LogP contribution in [0.25, 0.3) is 0 Å². The number of likely N-dealkylation sites (tertiary alicyclic amines) is 1. The lowest BCUT2D eigenvalue weighted by atomic mass is 10.4. The molecule has 4 heteroatoms. The molecular formula is C11H15NO3. The number of carbonyl (C=O) groups excluding carboxylic acids is 2. The van der Waals surface area contributed by atoms with Crippen LogP contribution in [0.2, 0.25) is 0 Å². The van der Waals surface area contributed by atoms with Gasteiger partial charge < -0.3 is 9.64 Å². The van der Waals surface area contributed by atoms with Crippen LogP contribution in [0.3, 0.4) is 0 Å². The first kappa shape index (κ1) is 13.2. The van der Waals surface area contributed by atoms with Crippen LogP contribution in [0.5, 0.6) is 0 Å². The van der Waals surface area contributed by atoms with E-state index in [2.05, 4.69) is 24.5 Å². The minimum absolute atomic E-state index is 0.208. The lowest BCUT2D eigenvalue weighted by molar-refractivity contribution is -0.132. The molecule has 0 aliphatic carbocycles. The molecule has 1 aliphatic heterocycles. The molecule has 15 heavy (non-hydrogen) atoms. The Morgan fingerprint density at radius 3 is 2.27 bits per heavy atom. The van der Waals surface area contributed by atoms with Gasteiger partial charge in [0.25, 0.3) is 0 Å². The number of carbonyl (C=O) groups is 2. The first-order valence-electron chi connectivity index (χ1n) is 4.51. The Labute approximate surface area is 89.5 Å². The zero-order valence-electron chi connectivity index (χ0n) is 8.65. The molecule has 1 aliphatic rings. The predicted octanol–water partition coefficient (Wildman–Crippen LogP) is 1.61. The molecule has 0 spiro atoms. The van der Waals surface area contributed by atoms with E-state index in [1.165, 1.54) is 0 Å². The SMILES string of the molecule is C=CN1CCCC1=O.C=COC(=O)C=C. The topological polar surface area (TPSA) is 46.6 Å². The largest absolute Gasteiger partial charge is 0.432 e. The lowest BCUT2D eigenvalue weighted by Gasteiger charge is -2.05. The van der Waals surface area contributed by atoms with E-state index >= 15 is 0 Å². The third-order valence-electron chi connectivity index (χ3n) is 1.70. The van der Waals surface area contributed by atoms with Crippen molar-refractivity contribution in [3.63, 3.8) is 0 Å². The van der Waals surface area contributed by atoms with E-state index in [9.17, 15) is 9.59 Å². The highest BCUT2D eigenvalue weighted by molar-refractivity contribution is 5.81. The predicted molar refractivity (Wildman–Crippen MR) is 57.6 cm³/mol. The fourth-order valence-electron chi connectivity index (χ4n) is 0.992. The quantitative estimate of drug-likeness (QED) is 0.403. The minimum atomic E-state index is -0.477. The van der Waals surface area contributed by atoms with E-state index in [0.717, 1.165) is 25.3 Å². The third kappa shape index (κ3) is 5.46. The molecule has 0 aromatic carbocycles. The Balaban J connectivity index is 0.000000265. The number of ether oxygens (including phenoxy) is 1. The molecule has 1 rings (SSSR count). The highest BCUT2D eigenvalue weighted by atomic mass is 16.5. The van der Waals surface area contributed by atoms with Crippen LogP contribution in [0, 0.1) is 0 Å². The summed E-state index contributed by atoms with van der Waals surface area (Å²) in [6.45, 7) is 10.7. The van der Waals surface area contributed by atoms with Crippen LogP contribution in [0.1, 0.15) is 12.8 Å². The molecule has 0 atom stereocenters. The van der Waals surface area contributed by atoms with Crippen molar-refractivity contribution in [3.05, 3.63) is 38.3 Å². The summed E-state index contributed by atoms with van der Waals surface area (Å²) >= 11 is 0. The Morgan fingerprint density at radius 2 is 2.07 bits per heavy atom. The normalized spacial score (nSPS) is 13.6. The summed E-state index contributed by atoms with van der Waals surface area (Å²) in [5.41, 5.74) is 0. The van der Waals surface area contributed by atoms with Crippen molar-refractivity contribution in [1.82, 2.24) is 4.90 Å². The van der Waals surface area contributed by atoms with Gasteiger partial charge in [-0.15, -0.1) is 0 Å². The van der Waals surface area contributed by atoms with E-state index in [1.807, 2.05) is 0 Å². The fraction of sp³-hybridized carbons (Fsp3) is 0.273. The van der Waals surface area contributed by atoms with Crippen LogP contribution < -0.4 is 0 Å². The van der Waals surface area contributed by atoms with Gasteiger partial charge in [0.1, 0.15) is 0 Å². The average molecular weight is 209 g/mol. The average Bonchev–Trinajstić information content (AvgIpc) is 2.65. The van der Waals surface area contributed by atoms with E-state index in [1.54, 1.807) is 11.1 Å². The maximum absolute atomic E-state index is 10.7. The summed E-state index contributed by atoms with van der Waals surface area (Å²) in [5.74, 6) is -0.269. The number of amides is 1. The Hall–Kier alpha value is -1.84. The van der Waals surface area contributed by atoms with Gasteiger partial charge in [-0.1, -0.05) is 19.7 Å². The summed E-state index contributed by atoms with van der Waals surface area (Å²) in [5, 5.41) is 0. The smallest absolute Gasteiger partial charge is 0.334 e. The molecule has 82 valence electrons. The molecule has 0 aromatic rings. The van der Waals surface area contributed by atoms with Crippen LogP contribution in [-0.4, -0.2) is 23.3 Å². The van der Waals surface area contributed by atoms with Crippen molar-refractivity contribution >= 4 is 11.9 Å². The molecule has 1 saturated heterocycles. The summed E-state index contributed by atoms with van der Waals surface area (Å²) in [7, 11) is 0. The summed E-state index contributed by atoms with van der Waals surface area (Å²) in [6.07, 6.45) is 5.41. The van der Waals surface area contributed by atoms with E-state index < -0.39 is 5.97 Å². The molecule has 0 bridgehead atoms. The molecule has 0 unspecified atom stereocenters. The van der Waals surface area contributed by atoms with E-state index in [4.69, 9.17) is 0 Å². The second kappa shape index (κ2) is 7.55. The lowest BCUT2D eigenvalue weighted by Crippen LogP contribution is -2.16. The van der Waals surface area contributed by atoms with Crippen LogP contribution in [-0.2, 0) is 14.3 Å². The number of hydrogen-bond donors (Lipinski definition) is 0. The molecule has 0 aromatic heterocycles. The van der Waals surface area contributed by atoms with Crippen molar-refractivity contribution in [2.45, 2.75) is 12.8 Å². The number of esters is 1. The van der Waals surface area contributed by atoms with Crippen LogP contribution in [0.4, 0.5) is 0 Å². The highest BCUT2D eigenvalue weighted by Crippen LogP contribution is 2.08. The van der Waals surface area contributed by atoms with Crippen molar-refractivity contribution < 1.29 is 14.3 Å². The van der Waals surface area contributed by atoms with Gasteiger partial charge in [0, 0.05) is 19.0 Å². The maximum atomic E-state index is 10.7. The van der Waals surface area contributed by atoms with Gasteiger partial charge >= 0.3 is 5.97 Å². The van der Waals surface area contributed by atoms with Gasteiger partial charge in [0.2, 0.25) is 5.91 Å². The standard InChI is InChI=1S/C6H9NO.C5H6O2/c1-2-7-5-3-4-6(7)8;1-3-5(6)7-4-2/h2H,1,3-5H2;3-4H,1-2H2. The summed E-state index contributed by atoms with van der Waals surface area (Å²) in [4.78, 5) is 22.3. The van der Waals surface area contributed by atoms with Crippen LogP contribution in [0.15, 0.2) is 38.3 Å². The molecule has 1 amide bonds. The number of rotatable bonds is 3. The van der Waals surface area contributed by atoms with Gasteiger partial charge in [-0.3, -0.25) is 4.79 Å². The van der Waals surface area contributed by atoms with Gasteiger partial charge in [0.15, 0.2) is 0 Å². The Bertz CT molecular complexity index is 271. The van der Waals surface area contributed by atoms with Gasteiger partial charge in [-0.25, -0.2) is 4.79 Å². The Morgan fingerprint density at radius 1 is 1.40 bits per heavy atom. The van der Waals surface area contributed by atoms with Crippen molar-refractivity contribution in [2.24, 2.45) is 0 Å². The first-order chi connectivity index (χ1) is 7.15. The molecular weight excluding hydrogens is 194 g/mol. The first-order valence-corrected chi connectivity index (χ1v) is 4.51. The Kier molecular flexibility index (Phi) is 6.63. The third-order valence-corrected chi connectivity index (χ3v) is 1.70. The molecule has 0 radical (unpaired) electrons. The van der Waals surface area contributed by atoms with E-state index in [-0.39, 0.29) is 5.91 Å². The van der Waals surface area contributed by atoms with Crippen LogP contribution >= 0.6 is 0 Å². The van der Waals surface area contributed by atoms with Crippen molar-refractivity contribution in [2.75, 3.05) is 6.54 Å². The molecule has 0 saturated carbocycles. The molecule has 1 fully saturated rings. The fourth-order valence-corrected chi connectivity index (χ4v) is 0.992. The van der Waals surface area contributed by atoms with Gasteiger partial charge in [-0.2, -0.15) is 0 Å². The van der Waals surface area contributed by atoms with Gasteiger partial charge in [-0.05, 0) is 12.6 Å². The monoisotopic (exact) mass is 209 g/mol. The molecule has 0 N–H and O–H groups in total. The molecule has 4 nitrogen and oxygen atoms in total. The second-order valence-electron chi connectivity index (χ2n) is 2.68. The van der Waals surface area contributed by atoms with Crippen molar-refractivity contribution in [3.8, 4) is 0 Å². The van der Waals surface area contributed by atoms with E-state index in [0.29, 0.717) is 6.42 Å². The highest BCUT2D eigenvalue weighted by Gasteiger charge is 2.15. The summed E-state index contributed by atoms with van der Waals surface area (Å²) < 4.78 is 4.20. The van der Waals surface area contributed by atoms with Crippen molar-refractivity contribution in [1.29, 1.82) is 0 Å². The zero-order valence-corrected chi connectivity index (χ0v) is 8.65. The maximum Gasteiger partial charge on any atom is 0.334 e. The molecule has 1 heterocycles. The second-order valence-corrected chi connectivity index (χ2v) is 2.68. The number of hydrogen-bond acceptors (Lipinski definition) is 3. The van der Waals surface area contributed by atoms with Gasteiger partial charge in [0.05, 0.1) is 6.26 Å².